The predicted molar refractivity (Wildman–Crippen MR) is 114 cm³/mol. The molecule has 156 valence electrons. The summed E-state index contributed by atoms with van der Waals surface area (Å²) < 4.78 is 5.51. The van der Waals surface area contributed by atoms with Crippen LogP contribution in [-0.2, 0) is 9.59 Å². The number of likely N-dealkylation sites (tertiary alicyclic amines) is 1. The molecule has 0 aliphatic carbocycles. The van der Waals surface area contributed by atoms with Gasteiger partial charge in [-0.05, 0) is 56.5 Å². The van der Waals surface area contributed by atoms with Crippen LogP contribution in [0.25, 0.3) is 0 Å². The topological polar surface area (TPSA) is 79.0 Å². The number of ether oxygens (including phenoxy) is 1. The van der Waals surface area contributed by atoms with Gasteiger partial charge in [-0.25, -0.2) is 0 Å². The minimum Gasteiger partial charge on any atom is -0.482 e. The highest BCUT2D eigenvalue weighted by Gasteiger charge is 2.29. The number of anilines is 2. The molecule has 4 rings (SSSR count). The molecule has 2 aromatic rings. The van der Waals surface area contributed by atoms with Gasteiger partial charge in [0.25, 0.3) is 11.8 Å². The zero-order chi connectivity index (χ0) is 21.3. The molecule has 0 spiro atoms. The fourth-order valence-electron chi connectivity index (χ4n) is 3.90. The Labute approximate surface area is 175 Å². The van der Waals surface area contributed by atoms with E-state index in [9.17, 15) is 14.4 Å². The quantitative estimate of drug-likeness (QED) is 0.845. The Morgan fingerprint density at radius 3 is 2.57 bits per heavy atom. The highest BCUT2D eigenvalue weighted by Crippen LogP contribution is 2.33. The molecule has 0 radical (unpaired) electrons. The molecule has 3 amide bonds. The Balaban J connectivity index is 1.55. The van der Waals surface area contributed by atoms with E-state index in [1.165, 1.54) is 4.90 Å². The Morgan fingerprint density at radius 2 is 1.83 bits per heavy atom. The third-order valence-corrected chi connectivity index (χ3v) is 5.50. The van der Waals surface area contributed by atoms with Crippen molar-refractivity contribution in [1.82, 2.24) is 4.90 Å². The molecule has 0 saturated carbocycles. The van der Waals surface area contributed by atoms with Crippen molar-refractivity contribution >= 4 is 29.1 Å². The van der Waals surface area contributed by atoms with E-state index in [1.54, 1.807) is 18.2 Å². The molecule has 7 nitrogen and oxygen atoms in total. The van der Waals surface area contributed by atoms with Crippen LogP contribution >= 0.6 is 0 Å². The molecule has 7 heteroatoms. The van der Waals surface area contributed by atoms with Crippen LogP contribution in [0.3, 0.4) is 0 Å². The zero-order valence-electron chi connectivity index (χ0n) is 17.2. The number of amides is 3. The van der Waals surface area contributed by atoms with E-state index in [4.69, 9.17) is 4.74 Å². The standard InChI is InChI=1S/C23H25N3O4/c1-15-5-7-18(16(2)11-15)24-21(27)13-26-19-12-17(23(29)25-9-3-4-10-25)6-8-20(19)30-14-22(26)28/h5-8,11-12H,3-4,9-10,13-14H2,1-2H3,(H,24,27). The van der Waals surface area contributed by atoms with Crippen molar-refractivity contribution in [3.63, 3.8) is 0 Å². The third-order valence-electron chi connectivity index (χ3n) is 5.50. The van der Waals surface area contributed by atoms with Gasteiger partial charge in [-0.1, -0.05) is 17.7 Å². The average molecular weight is 407 g/mol. The molecule has 2 heterocycles. The Hall–Kier alpha value is -3.35. The molecule has 0 aromatic heterocycles. The maximum atomic E-state index is 12.8. The van der Waals surface area contributed by atoms with Crippen molar-refractivity contribution in [1.29, 1.82) is 0 Å². The average Bonchev–Trinajstić information content (AvgIpc) is 3.26. The molecule has 1 fully saturated rings. The van der Waals surface area contributed by atoms with E-state index in [0.29, 0.717) is 22.7 Å². The molecule has 0 bridgehead atoms. The molecule has 30 heavy (non-hydrogen) atoms. The van der Waals surface area contributed by atoms with Crippen LogP contribution in [-0.4, -0.2) is 48.9 Å². The number of nitrogens with one attached hydrogen (secondary N) is 1. The maximum Gasteiger partial charge on any atom is 0.265 e. The van der Waals surface area contributed by atoms with Gasteiger partial charge in [0.15, 0.2) is 6.61 Å². The summed E-state index contributed by atoms with van der Waals surface area (Å²) in [5.74, 6) is -0.191. The number of rotatable bonds is 4. The number of benzene rings is 2. The van der Waals surface area contributed by atoms with Crippen molar-refractivity contribution in [3.05, 3.63) is 53.1 Å². The van der Waals surface area contributed by atoms with E-state index in [-0.39, 0.29) is 30.9 Å². The normalized spacial score (nSPS) is 15.6. The first-order valence-corrected chi connectivity index (χ1v) is 10.2. The van der Waals surface area contributed by atoms with Gasteiger partial charge in [-0.15, -0.1) is 0 Å². The van der Waals surface area contributed by atoms with Crippen LogP contribution in [0.5, 0.6) is 5.75 Å². The lowest BCUT2D eigenvalue weighted by Crippen LogP contribution is -2.43. The van der Waals surface area contributed by atoms with E-state index >= 15 is 0 Å². The SMILES string of the molecule is Cc1ccc(NC(=O)CN2C(=O)COc3ccc(C(=O)N4CCCC4)cc32)c(C)c1. The van der Waals surface area contributed by atoms with Crippen LogP contribution in [0.4, 0.5) is 11.4 Å². The van der Waals surface area contributed by atoms with Gasteiger partial charge in [0.1, 0.15) is 12.3 Å². The fraction of sp³-hybridized carbons (Fsp3) is 0.348. The van der Waals surface area contributed by atoms with Gasteiger partial charge in [-0.3, -0.25) is 19.3 Å². The molecule has 0 unspecified atom stereocenters. The molecular weight excluding hydrogens is 382 g/mol. The van der Waals surface area contributed by atoms with Crippen molar-refractivity contribution in [2.45, 2.75) is 26.7 Å². The fourth-order valence-corrected chi connectivity index (χ4v) is 3.90. The van der Waals surface area contributed by atoms with Crippen LogP contribution < -0.4 is 15.0 Å². The van der Waals surface area contributed by atoms with Crippen molar-refractivity contribution < 1.29 is 19.1 Å². The van der Waals surface area contributed by atoms with Crippen LogP contribution in [0.2, 0.25) is 0 Å². The lowest BCUT2D eigenvalue weighted by atomic mass is 10.1. The molecule has 2 aliphatic heterocycles. The first-order valence-electron chi connectivity index (χ1n) is 10.2. The number of fused-ring (bicyclic) bond motifs is 1. The second-order valence-corrected chi connectivity index (χ2v) is 7.82. The maximum absolute atomic E-state index is 12.8. The van der Waals surface area contributed by atoms with E-state index < -0.39 is 0 Å². The van der Waals surface area contributed by atoms with Gasteiger partial charge >= 0.3 is 0 Å². The monoisotopic (exact) mass is 407 g/mol. The largest absolute Gasteiger partial charge is 0.482 e. The first-order chi connectivity index (χ1) is 14.4. The third kappa shape index (κ3) is 4.01. The van der Waals surface area contributed by atoms with Gasteiger partial charge in [-0.2, -0.15) is 0 Å². The summed E-state index contributed by atoms with van der Waals surface area (Å²) >= 11 is 0. The number of carbonyl (C=O) groups is 3. The molecule has 1 saturated heterocycles. The van der Waals surface area contributed by atoms with Crippen LogP contribution in [0.15, 0.2) is 36.4 Å². The zero-order valence-corrected chi connectivity index (χ0v) is 17.2. The summed E-state index contributed by atoms with van der Waals surface area (Å²) in [4.78, 5) is 41.1. The van der Waals surface area contributed by atoms with Crippen molar-refractivity contribution in [2.75, 3.05) is 36.5 Å². The van der Waals surface area contributed by atoms with Crippen LogP contribution in [0.1, 0.15) is 34.3 Å². The lowest BCUT2D eigenvalue weighted by Gasteiger charge is -2.29. The molecule has 0 atom stereocenters. The summed E-state index contributed by atoms with van der Waals surface area (Å²) in [5.41, 5.74) is 3.72. The van der Waals surface area contributed by atoms with Crippen molar-refractivity contribution in [3.8, 4) is 5.75 Å². The number of hydrogen-bond donors (Lipinski definition) is 1. The van der Waals surface area contributed by atoms with E-state index in [0.717, 1.165) is 37.1 Å². The highest BCUT2D eigenvalue weighted by molar-refractivity contribution is 6.06. The molecular formula is C23H25N3O4. The van der Waals surface area contributed by atoms with Crippen molar-refractivity contribution in [2.24, 2.45) is 0 Å². The smallest absolute Gasteiger partial charge is 0.265 e. The van der Waals surface area contributed by atoms with Gasteiger partial charge in [0.05, 0.1) is 5.69 Å². The lowest BCUT2D eigenvalue weighted by molar-refractivity contribution is -0.123. The number of aryl methyl sites for hydroxylation is 2. The summed E-state index contributed by atoms with van der Waals surface area (Å²) in [6.07, 6.45) is 2.01. The van der Waals surface area contributed by atoms with E-state index in [1.807, 2.05) is 36.9 Å². The Kier molecular flexibility index (Phi) is 5.44. The first kappa shape index (κ1) is 19.9. The Bertz CT molecular complexity index is 1010. The van der Waals surface area contributed by atoms with E-state index in [2.05, 4.69) is 5.32 Å². The second-order valence-electron chi connectivity index (χ2n) is 7.82. The summed E-state index contributed by atoms with van der Waals surface area (Å²) in [5, 5.41) is 2.87. The summed E-state index contributed by atoms with van der Waals surface area (Å²) in [7, 11) is 0. The van der Waals surface area contributed by atoms with Crippen LogP contribution in [0, 0.1) is 13.8 Å². The van der Waals surface area contributed by atoms with Gasteiger partial charge < -0.3 is 15.0 Å². The summed E-state index contributed by atoms with van der Waals surface area (Å²) in [6.45, 7) is 5.12. The Morgan fingerprint density at radius 1 is 1.07 bits per heavy atom. The molecule has 1 N–H and O–H groups in total. The number of hydrogen-bond acceptors (Lipinski definition) is 4. The van der Waals surface area contributed by atoms with Gasteiger partial charge in [0.2, 0.25) is 5.91 Å². The summed E-state index contributed by atoms with van der Waals surface area (Å²) in [6, 6.07) is 10.8. The van der Waals surface area contributed by atoms with Gasteiger partial charge in [0, 0.05) is 24.3 Å². The number of nitrogens with zero attached hydrogens (tertiary/aromatic N) is 2. The predicted octanol–water partition coefficient (Wildman–Crippen LogP) is 2.90. The highest BCUT2D eigenvalue weighted by atomic mass is 16.5. The minimum absolute atomic E-state index is 0.0620. The molecule has 2 aliphatic rings. The minimum atomic E-state index is -0.316. The second kappa shape index (κ2) is 8.18. The number of carbonyl (C=O) groups excluding carboxylic acids is 3. The molecule has 2 aromatic carbocycles.